The van der Waals surface area contributed by atoms with Crippen LogP contribution in [0.4, 0.5) is 0 Å². The molecule has 98 valence electrons. The molecule has 0 radical (unpaired) electrons. The highest BCUT2D eigenvalue weighted by molar-refractivity contribution is 5.79. The van der Waals surface area contributed by atoms with Gasteiger partial charge >= 0.3 is 0 Å². The van der Waals surface area contributed by atoms with E-state index in [0.717, 1.165) is 17.4 Å². The van der Waals surface area contributed by atoms with Gasteiger partial charge in [0.05, 0.1) is 7.11 Å². The lowest BCUT2D eigenvalue weighted by Gasteiger charge is -2.14. The maximum Gasteiger partial charge on any atom is 0.164 e. The standard InChI is InChI=1S/C16H16O3/c1-12-14(10-17)8-9-15(16(12)18-2)19-11-13-6-4-3-5-7-13/h3-10H,11H2,1-2H3. The number of methoxy groups -OCH3 is 1. The van der Waals surface area contributed by atoms with Crippen molar-refractivity contribution in [2.45, 2.75) is 13.5 Å². The van der Waals surface area contributed by atoms with Gasteiger partial charge in [0.1, 0.15) is 12.9 Å². The molecule has 0 spiro atoms. The van der Waals surface area contributed by atoms with Gasteiger partial charge in [0.2, 0.25) is 0 Å². The van der Waals surface area contributed by atoms with E-state index < -0.39 is 0 Å². The summed E-state index contributed by atoms with van der Waals surface area (Å²) in [5, 5.41) is 0. The number of hydrogen-bond donors (Lipinski definition) is 0. The molecule has 2 aromatic carbocycles. The molecule has 0 saturated carbocycles. The number of ether oxygens (including phenoxy) is 2. The number of hydrogen-bond acceptors (Lipinski definition) is 3. The summed E-state index contributed by atoms with van der Waals surface area (Å²) in [6.07, 6.45) is 0.818. The maximum atomic E-state index is 10.9. The van der Waals surface area contributed by atoms with Crippen LogP contribution in [0.5, 0.6) is 11.5 Å². The summed E-state index contributed by atoms with van der Waals surface area (Å²) >= 11 is 0. The van der Waals surface area contributed by atoms with Crippen LogP contribution in [0.1, 0.15) is 21.5 Å². The van der Waals surface area contributed by atoms with E-state index in [-0.39, 0.29) is 0 Å². The van der Waals surface area contributed by atoms with Gasteiger partial charge in [-0.25, -0.2) is 0 Å². The minimum Gasteiger partial charge on any atom is -0.493 e. The molecule has 0 heterocycles. The van der Waals surface area contributed by atoms with Gasteiger partial charge in [-0.2, -0.15) is 0 Å². The number of carbonyl (C=O) groups is 1. The van der Waals surface area contributed by atoms with Crippen LogP contribution in [0.2, 0.25) is 0 Å². The highest BCUT2D eigenvalue weighted by Gasteiger charge is 2.11. The van der Waals surface area contributed by atoms with Gasteiger partial charge in [-0.1, -0.05) is 30.3 Å². The quantitative estimate of drug-likeness (QED) is 0.769. The van der Waals surface area contributed by atoms with E-state index in [9.17, 15) is 4.79 Å². The van der Waals surface area contributed by atoms with Crippen LogP contribution in [0.25, 0.3) is 0 Å². The molecular weight excluding hydrogens is 240 g/mol. The van der Waals surface area contributed by atoms with Gasteiger partial charge in [-0.05, 0) is 24.6 Å². The Morgan fingerprint density at radius 1 is 1.11 bits per heavy atom. The van der Waals surface area contributed by atoms with Crippen molar-refractivity contribution in [1.29, 1.82) is 0 Å². The van der Waals surface area contributed by atoms with Crippen LogP contribution in [0.3, 0.4) is 0 Å². The molecule has 3 nitrogen and oxygen atoms in total. The Morgan fingerprint density at radius 3 is 2.47 bits per heavy atom. The van der Waals surface area contributed by atoms with E-state index in [1.54, 1.807) is 19.2 Å². The number of carbonyl (C=O) groups excluding carboxylic acids is 1. The zero-order chi connectivity index (χ0) is 13.7. The molecule has 0 bridgehead atoms. The Balaban J connectivity index is 2.21. The SMILES string of the molecule is COc1c(OCc2ccccc2)ccc(C=O)c1C. The molecule has 0 aromatic heterocycles. The largest absolute Gasteiger partial charge is 0.493 e. The third-order valence-corrected chi connectivity index (χ3v) is 2.98. The Morgan fingerprint density at radius 2 is 1.84 bits per heavy atom. The van der Waals surface area contributed by atoms with Crippen molar-refractivity contribution in [3.05, 3.63) is 59.2 Å². The van der Waals surface area contributed by atoms with E-state index in [4.69, 9.17) is 9.47 Å². The van der Waals surface area contributed by atoms with Gasteiger partial charge in [0.15, 0.2) is 11.5 Å². The Bertz CT molecular complexity index is 562. The summed E-state index contributed by atoms with van der Waals surface area (Å²) in [5.41, 5.74) is 2.49. The van der Waals surface area contributed by atoms with Crippen molar-refractivity contribution < 1.29 is 14.3 Å². The van der Waals surface area contributed by atoms with Crippen molar-refractivity contribution in [2.24, 2.45) is 0 Å². The Kier molecular flexibility index (Phi) is 4.18. The summed E-state index contributed by atoms with van der Waals surface area (Å²) in [7, 11) is 1.58. The van der Waals surface area contributed by atoms with Gasteiger partial charge in [-0.15, -0.1) is 0 Å². The summed E-state index contributed by atoms with van der Waals surface area (Å²) in [6.45, 7) is 2.31. The lowest BCUT2D eigenvalue weighted by Crippen LogP contribution is -2.00. The first-order chi connectivity index (χ1) is 9.26. The summed E-state index contributed by atoms with van der Waals surface area (Å²) in [6, 6.07) is 13.4. The van der Waals surface area contributed by atoms with Gasteiger partial charge in [0, 0.05) is 11.1 Å². The van der Waals surface area contributed by atoms with Crippen molar-refractivity contribution in [3.8, 4) is 11.5 Å². The molecule has 0 amide bonds. The second kappa shape index (κ2) is 6.05. The molecule has 0 aliphatic carbocycles. The lowest BCUT2D eigenvalue weighted by atomic mass is 10.1. The number of benzene rings is 2. The van der Waals surface area contributed by atoms with E-state index in [1.807, 2.05) is 37.3 Å². The first kappa shape index (κ1) is 13.1. The molecule has 2 aromatic rings. The fourth-order valence-corrected chi connectivity index (χ4v) is 1.91. The summed E-state index contributed by atoms with van der Waals surface area (Å²) < 4.78 is 11.1. The lowest BCUT2D eigenvalue weighted by molar-refractivity contribution is 0.112. The van der Waals surface area contributed by atoms with Crippen molar-refractivity contribution >= 4 is 6.29 Å². The molecule has 0 N–H and O–H groups in total. The molecule has 19 heavy (non-hydrogen) atoms. The van der Waals surface area contributed by atoms with Crippen LogP contribution in [0, 0.1) is 6.92 Å². The van der Waals surface area contributed by atoms with E-state index in [2.05, 4.69) is 0 Å². The van der Waals surface area contributed by atoms with Gasteiger partial charge < -0.3 is 9.47 Å². The van der Waals surface area contributed by atoms with Crippen molar-refractivity contribution in [1.82, 2.24) is 0 Å². The normalized spacial score (nSPS) is 10.0. The third-order valence-electron chi connectivity index (χ3n) is 2.98. The topological polar surface area (TPSA) is 35.5 Å². The zero-order valence-electron chi connectivity index (χ0n) is 11.1. The number of aldehydes is 1. The fraction of sp³-hybridized carbons (Fsp3) is 0.188. The average Bonchev–Trinajstić information content (AvgIpc) is 2.46. The zero-order valence-corrected chi connectivity index (χ0v) is 11.1. The van der Waals surface area contributed by atoms with Crippen LogP contribution >= 0.6 is 0 Å². The van der Waals surface area contributed by atoms with Crippen molar-refractivity contribution in [2.75, 3.05) is 7.11 Å². The van der Waals surface area contributed by atoms with Crippen LogP contribution < -0.4 is 9.47 Å². The smallest absolute Gasteiger partial charge is 0.164 e. The molecule has 0 unspecified atom stereocenters. The predicted molar refractivity (Wildman–Crippen MR) is 73.9 cm³/mol. The summed E-state index contributed by atoms with van der Waals surface area (Å²) in [5.74, 6) is 1.26. The monoisotopic (exact) mass is 256 g/mol. The van der Waals surface area contributed by atoms with E-state index in [1.165, 1.54) is 0 Å². The fourth-order valence-electron chi connectivity index (χ4n) is 1.91. The Labute approximate surface area is 112 Å². The molecule has 2 rings (SSSR count). The second-order valence-corrected chi connectivity index (χ2v) is 4.20. The summed E-state index contributed by atoms with van der Waals surface area (Å²) in [4.78, 5) is 10.9. The van der Waals surface area contributed by atoms with Gasteiger partial charge in [0.25, 0.3) is 0 Å². The van der Waals surface area contributed by atoms with E-state index in [0.29, 0.717) is 23.7 Å². The molecule has 0 aliphatic rings. The highest BCUT2D eigenvalue weighted by Crippen LogP contribution is 2.32. The second-order valence-electron chi connectivity index (χ2n) is 4.20. The molecule has 0 aliphatic heterocycles. The predicted octanol–water partition coefficient (Wildman–Crippen LogP) is 3.40. The third kappa shape index (κ3) is 2.94. The Hall–Kier alpha value is -2.29. The minimum absolute atomic E-state index is 0.469. The maximum absolute atomic E-state index is 10.9. The first-order valence-corrected chi connectivity index (χ1v) is 6.05. The minimum atomic E-state index is 0.469. The van der Waals surface area contributed by atoms with Crippen LogP contribution in [-0.4, -0.2) is 13.4 Å². The molecule has 0 fully saturated rings. The highest BCUT2D eigenvalue weighted by atomic mass is 16.5. The first-order valence-electron chi connectivity index (χ1n) is 6.05. The molecule has 0 atom stereocenters. The average molecular weight is 256 g/mol. The molecule has 3 heteroatoms. The van der Waals surface area contributed by atoms with E-state index >= 15 is 0 Å². The number of rotatable bonds is 5. The molecular formula is C16H16O3. The van der Waals surface area contributed by atoms with Crippen molar-refractivity contribution in [3.63, 3.8) is 0 Å². The van der Waals surface area contributed by atoms with Crippen LogP contribution in [0.15, 0.2) is 42.5 Å². The van der Waals surface area contributed by atoms with Crippen LogP contribution in [-0.2, 0) is 6.61 Å². The molecule has 0 saturated heterocycles. The van der Waals surface area contributed by atoms with Gasteiger partial charge in [-0.3, -0.25) is 4.79 Å².